The average molecular weight is 814 g/mol. The van der Waals surface area contributed by atoms with Crippen molar-refractivity contribution in [2.75, 3.05) is 41.0 Å². The summed E-state index contributed by atoms with van der Waals surface area (Å²) in [5.74, 6) is -1.76. The quantitative estimate of drug-likeness (QED) is 0.0262. The van der Waals surface area contributed by atoms with Crippen LogP contribution in [0.5, 0.6) is 0 Å². The molecule has 0 bridgehead atoms. The summed E-state index contributed by atoms with van der Waals surface area (Å²) in [6.45, 7) is 4.49. The van der Waals surface area contributed by atoms with Gasteiger partial charge in [-0.3, -0.25) is 9.59 Å². The highest BCUT2D eigenvalue weighted by Crippen LogP contribution is 2.14. The highest BCUT2D eigenvalue weighted by Gasteiger charge is 2.25. The van der Waals surface area contributed by atoms with Gasteiger partial charge in [-0.15, -0.1) is 0 Å². The SMILES string of the molecule is CC/C=C/C=C/C=C/CCCCCCCCCC(=O)OC(COCCC(C(=O)[O-])[N+](C)(C)C)COC(=O)CCCCCCCCCCCC/C=C/C=C/CCCCC. The van der Waals surface area contributed by atoms with Gasteiger partial charge in [0.1, 0.15) is 12.6 Å². The summed E-state index contributed by atoms with van der Waals surface area (Å²) >= 11 is 0. The summed E-state index contributed by atoms with van der Waals surface area (Å²) in [5, 5.41) is 11.6. The van der Waals surface area contributed by atoms with E-state index in [1.807, 2.05) is 0 Å². The van der Waals surface area contributed by atoms with E-state index >= 15 is 0 Å². The van der Waals surface area contributed by atoms with E-state index < -0.39 is 18.1 Å². The molecule has 0 aromatic rings. The molecule has 8 heteroatoms. The van der Waals surface area contributed by atoms with Crippen LogP contribution in [0.15, 0.2) is 60.8 Å². The Morgan fingerprint density at radius 3 is 1.43 bits per heavy atom. The van der Waals surface area contributed by atoms with Crippen LogP contribution in [0.2, 0.25) is 0 Å². The summed E-state index contributed by atoms with van der Waals surface area (Å²) in [7, 11) is 5.40. The lowest BCUT2D eigenvalue weighted by Crippen LogP contribution is -2.55. The van der Waals surface area contributed by atoms with E-state index in [0.29, 0.717) is 12.8 Å². The second-order valence-corrected chi connectivity index (χ2v) is 16.7. The van der Waals surface area contributed by atoms with Crippen LogP contribution >= 0.6 is 0 Å². The van der Waals surface area contributed by atoms with Crippen molar-refractivity contribution in [3.8, 4) is 0 Å². The molecule has 0 aliphatic rings. The number of hydrogen-bond acceptors (Lipinski definition) is 7. The molecule has 2 atom stereocenters. The molecule has 0 aliphatic heterocycles. The number of nitrogens with zero attached hydrogens (tertiary/aromatic N) is 1. The summed E-state index contributed by atoms with van der Waals surface area (Å²) in [4.78, 5) is 36.9. The van der Waals surface area contributed by atoms with Gasteiger partial charge in [0.15, 0.2) is 6.10 Å². The van der Waals surface area contributed by atoms with E-state index in [0.717, 1.165) is 57.8 Å². The predicted molar refractivity (Wildman–Crippen MR) is 240 cm³/mol. The molecule has 0 aromatic heterocycles. The van der Waals surface area contributed by atoms with Crippen molar-refractivity contribution < 1.29 is 38.2 Å². The molecule has 334 valence electrons. The lowest BCUT2D eigenvalue weighted by Gasteiger charge is -2.34. The number of carbonyl (C=O) groups is 3. The molecule has 0 rings (SSSR count). The Kier molecular flexibility index (Phi) is 38.7. The van der Waals surface area contributed by atoms with Crippen LogP contribution in [0.25, 0.3) is 0 Å². The highest BCUT2D eigenvalue weighted by atomic mass is 16.6. The number of likely N-dealkylation sites (N-methyl/N-ethyl adjacent to an activating group) is 1. The molecule has 0 spiro atoms. The van der Waals surface area contributed by atoms with Crippen LogP contribution in [0.4, 0.5) is 0 Å². The van der Waals surface area contributed by atoms with Gasteiger partial charge in [-0.25, -0.2) is 0 Å². The fourth-order valence-electron chi connectivity index (χ4n) is 6.59. The van der Waals surface area contributed by atoms with Crippen molar-refractivity contribution in [1.29, 1.82) is 0 Å². The number of carboxylic acids is 1. The minimum atomic E-state index is -1.13. The Morgan fingerprint density at radius 2 is 0.966 bits per heavy atom. The van der Waals surface area contributed by atoms with E-state index in [1.54, 1.807) is 21.1 Å². The van der Waals surface area contributed by atoms with Crippen molar-refractivity contribution in [3.05, 3.63) is 60.8 Å². The average Bonchev–Trinajstić information content (AvgIpc) is 3.18. The number of ether oxygens (including phenoxy) is 3. The summed E-state index contributed by atoms with van der Waals surface area (Å²) in [6, 6.07) is -0.730. The van der Waals surface area contributed by atoms with Crippen LogP contribution < -0.4 is 5.11 Å². The molecule has 0 aliphatic carbocycles. The molecule has 0 fully saturated rings. The number of carboxylic acid groups (broad SMARTS) is 1. The smallest absolute Gasteiger partial charge is 0.306 e. The monoisotopic (exact) mass is 814 g/mol. The molecular formula is C50H87NO7. The third-order valence-corrected chi connectivity index (χ3v) is 10.2. The van der Waals surface area contributed by atoms with Crippen molar-refractivity contribution in [2.24, 2.45) is 0 Å². The standard InChI is InChI=1S/C50H87NO7/c1-6-8-10-12-14-16-18-20-22-23-24-25-27-28-30-32-34-36-38-40-48(52)57-45-46(44-56-43-42-47(50(54)55)51(3,4)5)58-49(53)41-39-37-35-33-31-29-26-21-19-17-15-13-11-9-7-2/h9,11,13-20,46-47H,6-8,10,12,21-45H2,1-5H3/b11-9+,15-13+,16-14+,19-17+,20-18+. The van der Waals surface area contributed by atoms with Gasteiger partial charge >= 0.3 is 11.9 Å². The topological polar surface area (TPSA) is 102 Å². The minimum absolute atomic E-state index is 0.0329. The third kappa shape index (κ3) is 38.5. The van der Waals surface area contributed by atoms with Crippen LogP contribution in [-0.2, 0) is 28.6 Å². The largest absolute Gasteiger partial charge is 0.544 e. The van der Waals surface area contributed by atoms with Gasteiger partial charge < -0.3 is 28.6 Å². The molecular weight excluding hydrogens is 727 g/mol. The maximum Gasteiger partial charge on any atom is 0.306 e. The van der Waals surface area contributed by atoms with Crippen molar-refractivity contribution in [2.45, 2.75) is 199 Å². The van der Waals surface area contributed by atoms with Gasteiger partial charge in [0.05, 0.1) is 40.3 Å². The van der Waals surface area contributed by atoms with Gasteiger partial charge in [-0.1, -0.05) is 171 Å². The first-order valence-corrected chi connectivity index (χ1v) is 23.4. The molecule has 0 heterocycles. The van der Waals surface area contributed by atoms with Crippen LogP contribution in [0.1, 0.15) is 187 Å². The zero-order chi connectivity index (χ0) is 42.8. The molecule has 0 saturated carbocycles. The predicted octanol–water partition coefficient (Wildman–Crippen LogP) is 11.6. The van der Waals surface area contributed by atoms with E-state index in [-0.39, 0.29) is 42.7 Å². The first-order chi connectivity index (χ1) is 28.1. The molecule has 0 radical (unpaired) electrons. The Morgan fingerprint density at radius 1 is 0.534 bits per heavy atom. The normalized spacial score (nSPS) is 13.5. The van der Waals surface area contributed by atoms with E-state index in [4.69, 9.17) is 14.2 Å². The molecule has 2 unspecified atom stereocenters. The second kappa shape index (κ2) is 40.8. The van der Waals surface area contributed by atoms with Gasteiger partial charge in [0.2, 0.25) is 0 Å². The number of allylic oxidation sites excluding steroid dienone is 10. The molecule has 58 heavy (non-hydrogen) atoms. The number of esters is 2. The van der Waals surface area contributed by atoms with Gasteiger partial charge in [-0.2, -0.15) is 0 Å². The number of hydrogen-bond donors (Lipinski definition) is 0. The Hall–Kier alpha value is -2.97. The Labute approximate surface area is 356 Å². The molecule has 0 saturated heterocycles. The first kappa shape index (κ1) is 55.0. The van der Waals surface area contributed by atoms with Gasteiger partial charge in [0, 0.05) is 19.3 Å². The lowest BCUT2D eigenvalue weighted by atomic mass is 10.1. The summed E-state index contributed by atoms with van der Waals surface area (Å²) in [5.41, 5.74) is 0. The highest BCUT2D eigenvalue weighted by molar-refractivity contribution is 5.70. The van der Waals surface area contributed by atoms with E-state index in [2.05, 4.69) is 74.6 Å². The molecule has 8 nitrogen and oxygen atoms in total. The second-order valence-electron chi connectivity index (χ2n) is 16.7. The number of aliphatic carboxylic acids is 1. The number of carbonyl (C=O) groups excluding carboxylic acids is 3. The summed E-state index contributed by atoms with van der Waals surface area (Å²) in [6.07, 6.45) is 49.5. The lowest BCUT2D eigenvalue weighted by molar-refractivity contribution is -0.889. The fourth-order valence-corrected chi connectivity index (χ4v) is 6.59. The fraction of sp³-hybridized carbons (Fsp3) is 0.740. The molecule has 0 amide bonds. The number of unbranched alkanes of at least 4 members (excludes halogenated alkanes) is 20. The zero-order valence-electron chi connectivity index (χ0n) is 37.9. The van der Waals surface area contributed by atoms with E-state index in [9.17, 15) is 19.5 Å². The minimum Gasteiger partial charge on any atom is -0.544 e. The third-order valence-electron chi connectivity index (χ3n) is 10.2. The zero-order valence-corrected chi connectivity index (χ0v) is 37.9. The maximum absolute atomic E-state index is 12.7. The number of rotatable bonds is 41. The maximum atomic E-state index is 12.7. The van der Waals surface area contributed by atoms with E-state index in [1.165, 1.54) is 96.3 Å². The summed E-state index contributed by atoms with van der Waals surface area (Å²) < 4.78 is 17.2. The van der Waals surface area contributed by atoms with Crippen molar-refractivity contribution in [3.63, 3.8) is 0 Å². The first-order valence-electron chi connectivity index (χ1n) is 23.4. The van der Waals surface area contributed by atoms with Crippen LogP contribution in [0.3, 0.4) is 0 Å². The molecule has 0 N–H and O–H groups in total. The van der Waals surface area contributed by atoms with Crippen molar-refractivity contribution in [1.82, 2.24) is 0 Å². The van der Waals surface area contributed by atoms with Crippen molar-refractivity contribution >= 4 is 17.9 Å². The van der Waals surface area contributed by atoms with Crippen LogP contribution in [0, 0.1) is 0 Å². The van der Waals surface area contributed by atoms with Crippen LogP contribution in [-0.4, -0.2) is 75.5 Å². The number of quaternary nitrogens is 1. The Balaban J connectivity index is 4.31. The Bertz CT molecular complexity index is 1130. The van der Waals surface area contributed by atoms with Gasteiger partial charge in [-0.05, 0) is 57.8 Å². The van der Waals surface area contributed by atoms with Gasteiger partial charge in [0.25, 0.3) is 0 Å². The molecule has 0 aromatic carbocycles.